The zero-order valence-corrected chi connectivity index (χ0v) is 14.0. The lowest BCUT2D eigenvalue weighted by atomic mass is 10.1. The van der Waals surface area contributed by atoms with Gasteiger partial charge in [-0.1, -0.05) is 13.8 Å². The van der Waals surface area contributed by atoms with Crippen LogP contribution in [0.4, 0.5) is 0 Å². The molecule has 1 N–H and O–H groups in total. The van der Waals surface area contributed by atoms with Crippen molar-refractivity contribution in [1.82, 2.24) is 15.1 Å². The summed E-state index contributed by atoms with van der Waals surface area (Å²) < 4.78 is 3.20. The van der Waals surface area contributed by atoms with Gasteiger partial charge in [-0.05, 0) is 47.1 Å². The first-order valence-electron chi connectivity index (χ1n) is 6.64. The Kier molecular flexibility index (Phi) is 5.19. The molecule has 2 aromatic heterocycles. The van der Waals surface area contributed by atoms with E-state index >= 15 is 0 Å². The van der Waals surface area contributed by atoms with E-state index in [0.717, 1.165) is 25.1 Å². The molecule has 5 heteroatoms. The molecule has 2 rings (SSSR count). The number of thiophene rings is 1. The molecular formula is C14H20BrN3S. The quantitative estimate of drug-likeness (QED) is 0.868. The second kappa shape index (κ2) is 6.68. The van der Waals surface area contributed by atoms with Gasteiger partial charge in [0.25, 0.3) is 0 Å². The molecule has 0 spiro atoms. The lowest BCUT2D eigenvalue weighted by Crippen LogP contribution is -2.24. The smallest absolute Gasteiger partial charge is 0.0701 e. The summed E-state index contributed by atoms with van der Waals surface area (Å²) in [6.07, 6.45) is 1.99. The molecule has 2 heterocycles. The van der Waals surface area contributed by atoms with Gasteiger partial charge in [0.1, 0.15) is 0 Å². The predicted octanol–water partition coefficient (Wildman–Crippen LogP) is 3.70. The van der Waals surface area contributed by atoms with E-state index in [2.05, 4.69) is 58.4 Å². The van der Waals surface area contributed by atoms with Gasteiger partial charge in [0.05, 0.1) is 21.2 Å². The highest BCUT2D eigenvalue weighted by Gasteiger charge is 2.17. The Bertz CT molecular complexity index is 533. The summed E-state index contributed by atoms with van der Waals surface area (Å²) in [6.45, 7) is 5.25. The van der Waals surface area contributed by atoms with E-state index < -0.39 is 0 Å². The molecular weight excluding hydrogens is 322 g/mol. The Morgan fingerprint density at radius 2 is 2.21 bits per heavy atom. The van der Waals surface area contributed by atoms with Gasteiger partial charge >= 0.3 is 0 Å². The third-order valence-corrected chi connectivity index (χ3v) is 4.82. The average Bonchev–Trinajstić information content (AvgIpc) is 2.95. The summed E-state index contributed by atoms with van der Waals surface area (Å²) in [5.41, 5.74) is 2.43. The number of aryl methyl sites for hydroxylation is 2. The van der Waals surface area contributed by atoms with Crippen LogP contribution in [0.1, 0.15) is 36.2 Å². The van der Waals surface area contributed by atoms with Gasteiger partial charge < -0.3 is 5.32 Å². The van der Waals surface area contributed by atoms with Crippen LogP contribution < -0.4 is 5.32 Å². The van der Waals surface area contributed by atoms with Crippen LogP contribution in [0.15, 0.2) is 22.0 Å². The minimum atomic E-state index is 0.327. The molecule has 0 amide bonds. The van der Waals surface area contributed by atoms with E-state index in [0.29, 0.717) is 6.04 Å². The van der Waals surface area contributed by atoms with Crippen molar-refractivity contribution in [3.8, 4) is 0 Å². The molecule has 0 fully saturated rings. The highest BCUT2D eigenvalue weighted by Crippen LogP contribution is 2.27. The number of likely N-dealkylation sites (N-methyl/N-ethyl adjacent to an activating group) is 1. The lowest BCUT2D eigenvalue weighted by molar-refractivity contribution is 0.510. The van der Waals surface area contributed by atoms with Crippen LogP contribution in [-0.4, -0.2) is 16.3 Å². The maximum Gasteiger partial charge on any atom is 0.0701 e. The Hall–Kier alpha value is -0.650. The fourth-order valence-electron chi connectivity index (χ4n) is 2.23. The van der Waals surface area contributed by atoms with Gasteiger partial charge in [-0.25, -0.2) is 0 Å². The molecule has 1 atom stereocenters. The summed E-state index contributed by atoms with van der Waals surface area (Å²) in [5, 5.41) is 8.12. The molecule has 19 heavy (non-hydrogen) atoms. The molecule has 0 bridgehead atoms. The summed E-state index contributed by atoms with van der Waals surface area (Å²) >= 11 is 5.33. The average molecular weight is 342 g/mol. The van der Waals surface area contributed by atoms with Gasteiger partial charge in [-0.3, -0.25) is 4.68 Å². The second-order valence-corrected chi connectivity index (χ2v) is 7.11. The van der Waals surface area contributed by atoms with Crippen molar-refractivity contribution in [1.29, 1.82) is 0 Å². The number of nitrogens with one attached hydrogen (secondary N) is 1. The van der Waals surface area contributed by atoms with Crippen molar-refractivity contribution >= 4 is 27.3 Å². The van der Waals surface area contributed by atoms with Crippen LogP contribution in [0.2, 0.25) is 0 Å². The number of halogens is 1. The summed E-state index contributed by atoms with van der Waals surface area (Å²) in [7, 11) is 2.03. The van der Waals surface area contributed by atoms with E-state index in [9.17, 15) is 0 Å². The first kappa shape index (κ1) is 14.8. The van der Waals surface area contributed by atoms with Crippen LogP contribution >= 0.6 is 27.3 Å². The maximum atomic E-state index is 4.55. The lowest BCUT2D eigenvalue weighted by Gasteiger charge is -2.17. The zero-order valence-electron chi connectivity index (χ0n) is 11.6. The minimum absolute atomic E-state index is 0.327. The fraction of sp³-hybridized carbons (Fsp3) is 0.500. The van der Waals surface area contributed by atoms with Crippen LogP contribution in [0.5, 0.6) is 0 Å². The summed E-state index contributed by atoms with van der Waals surface area (Å²) in [4.78, 5) is 1.39. The van der Waals surface area contributed by atoms with E-state index in [1.807, 2.05) is 11.7 Å². The predicted molar refractivity (Wildman–Crippen MR) is 84.7 cm³/mol. The van der Waals surface area contributed by atoms with Gasteiger partial charge in [0.2, 0.25) is 0 Å². The summed E-state index contributed by atoms with van der Waals surface area (Å²) in [6, 6.07) is 6.85. The van der Waals surface area contributed by atoms with Crippen molar-refractivity contribution in [2.75, 3.05) is 6.54 Å². The van der Waals surface area contributed by atoms with Crippen molar-refractivity contribution < 1.29 is 0 Å². The van der Waals surface area contributed by atoms with Gasteiger partial charge in [0, 0.05) is 18.3 Å². The topological polar surface area (TPSA) is 29.9 Å². The molecule has 0 aliphatic heterocycles. The Morgan fingerprint density at radius 3 is 2.74 bits per heavy atom. The van der Waals surface area contributed by atoms with Crippen LogP contribution in [0.25, 0.3) is 0 Å². The fourth-order valence-corrected chi connectivity index (χ4v) is 3.76. The number of nitrogens with zero attached hydrogens (tertiary/aromatic N) is 2. The molecule has 104 valence electrons. The van der Waals surface area contributed by atoms with Crippen molar-refractivity contribution in [2.45, 2.75) is 32.7 Å². The Labute approximate surface area is 127 Å². The van der Waals surface area contributed by atoms with E-state index in [1.54, 1.807) is 11.3 Å². The van der Waals surface area contributed by atoms with Crippen molar-refractivity contribution in [3.63, 3.8) is 0 Å². The number of hydrogen-bond donors (Lipinski definition) is 1. The zero-order chi connectivity index (χ0) is 13.8. The summed E-state index contributed by atoms with van der Waals surface area (Å²) in [5.74, 6) is 0. The standard InChI is InChI=1S/C14H20BrN3S/c1-4-10-8-13(18(3)17-10)12(16-5-2)9-11-6-7-14(15)19-11/h6-8,12,16H,4-5,9H2,1-3H3. The second-order valence-electron chi connectivity index (χ2n) is 4.56. The molecule has 0 aliphatic carbocycles. The van der Waals surface area contributed by atoms with Crippen LogP contribution in [-0.2, 0) is 19.9 Å². The monoisotopic (exact) mass is 341 g/mol. The third-order valence-electron chi connectivity index (χ3n) is 3.17. The highest BCUT2D eigenvalue weighted by molar-refractivity contribution is 9.11. The Balaban J connectivity index is 2.21. The van der Waals surface area contributed by atoms with Gasteiger partial charge in [-0.2, -0.15) is 5.10 Å². The molecule has 0 saturated heterocycles. The molecule has 3 nitrogen and oxygen atoms in total. The maximum absolute atomic E-state index is 4.55. The van der Waals surface area contributed by atoms with Crippen LogP contribution in [0.3, 0.4) is 0 Å². The highest BCUT2D eigenvalue weighted by atomic mass is 79.9. The minimum Gasteiger partial charge on any atom is -0.309 e. The van der Waals surface area contributed by atoms with Gasteiger partial charge in [0.15, 0.2) is 0 Å². The van der Waals surface area contributed by atoms with E-state index in [-0.39, 0.29) is 0 Å². The third kappa shape index (κ3) is 3.68. The first-order valence-corrected chi connectivity index (χ1v) is 8.25. The molecule has 1 unspecified atom stereocenters. The number of rotatable bonds is 6. The largest absolute Gasteiger partial charge is 0.309 e. The van der Waals surface area contributed by atoms with Crippen LogP contribution in [0, 0.1) is 0 Å². The number of aromatic nitrogens is 2. The normalized spacial score (nSPS) is 12.8. The van der Waals surface area contributed by atoms with Crippen molar-refractivity contribution in [3.05, 3.63) is 38.3 Å². The van der Waals surface area contributed by atoms with Gasteiger partial charge in [-0.15, -0.1) is 11.3 Å². The molecule has 0 aromatic carbocycles. The SMILES string of the molecule is CCNC(Cc1ccc(Br)s1)c1cc(CC)nn1C. The molecule has 2 aromatic rings. The molecule has 0 aliphatic rings. The first-order chi connectivity index (χ1) is 9.13. The van der Waals surface area contributed by atoms with E-state index in [4.69, 9.17) is 0 Å². The Morgan fingerprint density at radius 1 is 1.42 bits per heavy atom. The molecule has 0 saturated carbocycles. The van der Waals surface area contributed by atoms with E-state index in [1.165, 1.54) is 14.4 Å². The van der Waals surface area contributed by atoms with Crippen molar-refractivity contribution in [2.24, 2.45) is 7.05 Å². The molecule has 0 radical (unpaired) electrons. The number of hydrogen-bond acceptors (Lipinski definition) is 3.